The first-order valence-corrected chi connectivity index (χ1v) is 7.19. The fourth-order valence-electron chi connectivity index (χ4n) is 2.37. The molecule has 0 heterocycles. The first kappa shape index (κ1) is 14.8. The van der Waals surface area contributed by atoms with Crippen molar-refractivity contribution in [2.75, 3.05) is 30.7 Å². The van der Waals surface area contributed by atoms with E-state index in [2.05, 4.69) is 10.2 Å². The number of aliphatic hydroxyl groups is 1. The van der Waals surface area contributed by atoms with Crippen LogP contribution in [0.15, 0.2) is 24.3 Å². The lowest BCUT2D eigenvalue weighted by Gasteiger charge is -2.37. The summed E-state index contributed by atoms with van der Waals surface area (Å²) in [5.41, 5.74) is 7.06. The van der Waals surface area contributed by atoms with Crippen LogP contribution in [0.5, 0.6) is 0 Å². The molecule has 0 spiro atoms. The van der Waals surface area contributed by atoms with Crippen LogP contribution in [0.25, 0.3) is 0 Å². The molecule has 1 saturated carbocycles. The molecule has 1 fully saturated rings. The molecule has 0 aliphatic heterocycles. The summed E-state index contributed by atoms with van der Waals surface area (Å²) in [4.78, 5) is 14.2. The molecule has 0 atom stereocenters. The molecular formula is C15H23N3O2. The molecule has 110 valence electrons. The van der Waals surface area contributed by atoms with Gasteiger partial charge in [0.15, 0.2) is 0 Å². The van der Waals surface area contributed by atoms with E-state index in [0.29, 0.717) is 24.7 Å². The normalized spacial score (nSPS) is 15.1. The number of carbonyl (C=O) groups excluding carboxylic acids is 1. The Hall–Kier alpha value is -1.59. The van der Waals surface area contributed by atoms with Gasteiger partial charge in [-0.05, 0) is 43.5 Å². The third kappa shape index (κ3) is 4.21. The van der Waals surface area contributed by atoms with Crippen molar-refractivity contribution >= 4 is 17.3 Å². The van der Waals surface area contributed by atoms with Crippen LogP contribution in [-0.2, 0) is 4.79 Å². The highest BCUT2D eigenvalue weighted by atomic mass is 16.3. The molecule has 0 radical (unpaired) electrons. The van der Waals surface area contributed by atoms with Crippen molar-refractivity contribution in [3.05, 3.63) is 24.3 Å². The number of anilines is 2. The molecule has 1 amide bonds. The number of nitrogens with one attached hydrogen (secondary N) is 1. The number of nitrogens with zero attached hydrogens (tertiary/aromatic N) is 1. The van der Waals surface area contributed by atoms with Crippen molar-refractivity contribution in [2.24, 2.45) is 0 Å². The number of rotatable bonds is 7. The van der Waals surface area contributed by atoms with Gasteiger partial charge in [-0.3, -0.25) is 9.69 Å². The first-order valence-electron chi connectivity index (χ1n) is 7.19. The van der Waals surface area contributed by atoms with Gasteiger partial charge in [-0.2, -0.15) is 0 Å². The Morgan fingerprint density at radius 2 is 2.05 bits per heavy atom. The highest BCUT2D eigenvalue weighted by Gasteiger charge is 2.25. The van der Waals surface area contributed by atoms with Crippen LogP contribution in [-0.4, -0.2) is 41.7 Å². The number of nitrogen functional groups attached to an aromatic ring is 1. The Labute approximate surface area is 119 Å². The van der Waals surface area contributed by atoms with Gasteiger partial charge >= 0.3 is 0 Å². The SMILES string of the molecule is Nc1ccc(NC(=O)CN(CCCO)C2CCC2)cc1. The van der Waals surface area contributed by atoms with Crippen LogP contribution in [0.1, 0.15) is 25.7 Å². The lowest BCUT2D eigenvalue weighted by molar-refractivity contribution is -0.118. The molecule has 4 N–H and O–H groups in total. The lowest BCUT2D eigenvalue weighted by atomic mass is 9.91. The van der Waals surface area contributed by atoms with Gasteiger partial charge in [-0.15, -0.1) is 0 Å². The number of carbonyl (C=O) groups is 1. The molecule has 0 unspecified atom stereocenters. The maximum absolute atomic E-state index is 12.1. The van der Waals surface area contributed by atoms with Crippen molar-refractivity contribution in [1.29, 1.82) is 0 Å². The van der Waals surface area contributed by atoms with Crippen LogP contribution < -0.4 is 11.1 Å². The van der Waals surface area contributed by atoms with E-state index in [0.717, 1.165) is 25.1 Å². The minimum absolute atomic E-state index is 0.0142. The van der Waals surface area contributed by atoms with Crippen molar-refractivity contribution in [3.63, 3.8) is 0 Å². The van der Waals surface area contributed by atoms with Crippen molar-refractivity contribution in [3.8, 4) is 0 Å². The third-order valence-electron chi connectivity index (χ3n) is 3.74. The molecule has 0 saturated heterocycles. The van der Waals surface area contributed by atoms with E-state index in [4.69, 9.17) is 10.8 Å². The standard InChI is InChI=1S/C15H23N3O2/c16-12-5-7-13(8-6-12)17-15(20)11-18(9-2-10-19)14-3-1-4-14/h5-8,14,19H,1-4,9-11,16H2,(H,17,20). The maximum Gasteiger partial charge on any atom is 0.238 e. The molecule has 1 aromatic rings. The van der Waals surface area contributed by atoms with Crippen LogP contribution in [0, 0.1) is 0 Å². The molecule has 1 aliphatic carbocycles. The maximum atomic E-state index is 12.1. The van der Waals surface area contributed by atoms with Gasteiger partial charge in [0, 0.05) is 30.6 Å². The van der Waals surface area contributed by atoms with Gasteiger partial charge in [0.05, 0.1) is 6.54 Å². The number of benzene rings is 1. The van der Waals surface area contributed by atoms with Gasteiger partial charge in [-0.25, -0.2) is 0 Å². The summed E-state index contributed by atoms with van der Waals surface area (Å²) in [6, 6.07) is 7.64. The molecule has 2 rings (SSSR count). The average molecular weight is 277 g/mol. The van der Waals surface area contributed by atoms with E-state index >= 15 is 0 Å². The van der Waals surface area contributed by atoms with Gasteiger partial charge in [0.25, 0.3) is 0 Å². The zero-order valence-corrected chi connectivity index (χ0v) is 11.7. The fraction of sp³-hybridized carbons (Fsp3) is 0.533. The molecule has 5 nitrogen and oxygen atoms in total. The number of amides is 1. The summed E-state index contributed by atoms with van der Waals surface area (Å²) in [5.74, 6) is -0.0142. The van der Waals surface area contributed by atoms with Crippen molar-refractivity contribution in [1.82, 2.24) is 4.90 Å². The summed E-state index contributed by atoms with van der Waals surface area (Å²) in [7, 11) is 0. The molecule has 0 bridgehead atoms. The van der Waals surface area contributed by atoms with E-state index in [1.165, 1.54) is 6.42 Å². The van der Waals surface area contributed by atoms with Crippen LogP contribution in [0.3, 0.4) is 0 Å². The molecule has 5 heteroatoms. The molecule has 20 heavy (non-hydrogen) atoms. The quantitative estimate of drug-likeness (QED) is 0.659. The van der Waals surface area contributed by atoms with E-state index < -0.39 is 0 Å². The van der Waals surface area contributed by atoms with Crippen LogP contribution >= 0.6 is 0 Å². The summed E-state index contributed by atoms with van der Waals surface area (Å²) in [6.45, 7) is 1.33. The Morgan fingerprint density at radius 3 is 2.60 bits per heavy atom. The highest BCUT2D eigenvalue weighted by molar-refractivity contribution is 5.92. The predicted octanol–water partition coefficient (Wildman–Crippen LogP) is 1.44. The number of aliphatic hydroxyl groups excluding tert-OH is 1. The van der Waals surface area contributed by atoms with Gasteiger partial charge < -0.3 is 16.2 Å². The highest BCUT2D eigenvalue weighted by Crippen LogP contribution is 2.24. The second-order valence-electron chi connectivity index (χ2n) is 5.30. The van der Waals surface area contributed by atoms with Gasteiger partial charge in [-0.1, -0.05) is 6.42 Å². The first-order chi connectivity index (χ1) is 9.69. The average Bonchev–Trinajstić information content (AvgIpc) is 2.36. The van der Waals surface area contributed by atoms with E-state index in [1.54, 1.807) is 24.3 Å². The van der Waals surface area contributed by atoms with Crippen molar-refractivity contribution in [2.45, 2.75) is 31.7 Å². The van der Waals surface area contributed by atoms with E-state index in [9.17, 15) is 4.79 Å². The second kappa shape index (κ2) is 7.26. The number of nitrogens with two attached hydrogens (primary N) is 1. The fourth-order valence-corrected chi connectivity index (χ4v) is 2.37. The Morgan fingerprint density at radius 1 is 1.35 bits per heavy atom. The number of hydrogen-bond donors (Lipinski definition) is 3. The smallest absolute Gasteiger partial charge is 0.238 e. The lowest BCUT2D eigenvalue weighted by Crippen LogP contribution is -2.45. The summed E-state index contributed by atoms with van der Waals surface area (Å²) >= 11 is 0. The predicted molar refractivity (Wildman–Crippen MR) is 80.4 cm³/mol. The monoisotopic (exact) mass is 277 g/mol. The Bertz CT molecular complexity index is 429. The van der Waals surface area contributed by atoms with Gasteiger partial charge in [0.2, 0.25) is 5.91 Å². The largest absolute Gasteiger partial charge is 0.399 e. The van der Waals surface area contributed by atoms with Crippen LogP contribution in [0.4, 0.5) is 11.4 Å². The Balaban J connectivity index is 1.85. The van der Waals surface area contributed by atoms with E-state index in [1.807, 2.05) is 0 Å². The third-order valence-corrected chi connectivity index (χ3v) is 3.74. The van der Waals surface area contributed by atoms with E-state index in [-0.39, 0.29) is 12.5 Å². The van der Waals surface area contributed by atoms with Crippen molar-refractivity contribution < 1.29 is 9.90 Å². The number of hydrogen-bond acceptors (Lipinski definition) is 4. The van der Waals surface area contributed by atoms with Crippen LogP contribution in [0.2, 0.25) is 0 Å². The molecular weight excluding hydrogens is 254 g/mol. The Kier molecular flexibility index (Phi) is 5.38. The topological polar surface area (TPSA) is 78.6 Å². The zero-order valence-electron chi connectivity index (χ0n) is 11.7. The summed E-state index contributed by atoms with van der Waals surface area (Å²) in [6.07, 6.45) is 4.26. The summed E-state index contributed by atoms with van der Waals surface area (Å²) < 4.78 is 0. The van der Waals surface area contributed by atoms with Gasteiger partial charge in [0.1, 0.15) is 0 Å². The second-order valence-corrected chi connectivity index (χ2v) is 5.30. The molecule has 1 aromatic carbocycles. The zero-order chi connectivity index (χ0) is 14.4. The molecule has 1 aliphatic rings. The minimum Gasteiger partial charge on any atom is -0.399 e. The minimum atomic E-state index is -0.0142. The molecule has 0 aromatic heterocycles. The summed E-state index contributed by atoms with van der Waals surface area (Å²) in [5, 5.41) is 11.8.